The lowest BCUT2D eigenvalue weighted by Crippen LogP contribution is -2.33. The third-order valence-corrected chi connectivity index (χ3v) is 4.84. The van der Waals surface area contributed by atoms with Crippen LogP contribution in [0.4, 0.5) is 0 Å². The zero-order chi connectivity index (χ0) is 13.9. The van der Waals surface area contributed by atoms with Gasteiger partial charge >= 0.3 is 0 Å². The molecule has 0 spiro atoms. The number of ether oxygens (including phenoxy) is 1. The van der Waals surface area contributed by atoms with E-state index in [1.807, 2.05) is 11.6 Å². The van der Waals surface area contributed by atoms with E-state index in [4.69, 9.17) is 4.74 Å². The SMILES string of the molecule is COc1nc2sccn2c1CNCC1CCCCC1O. The number of fused-ring (bicyclic) bond motifs is 1. The molecular formula is C14H21N3O2S. The molecule has 1 aliphatic rings. The molecule has 1 fully saturated rings. The van der Waals surface area contributed by atoms with Crippen LogP contribution < -0.4 is 10.1 Å². The van der Waals surface area contributed by atoms with Gasteiger partial charge in [-0.3, -0.25) is 4.40 Å². The number of nitrogens with one attached hydrogen (secondary N) is 1. The van der Waals surface area contributed by atoms with Gasteiger partial charge in [-0.15, -0.1) is 11.3 Å². The first-order valence-electron chi connectivity index (χ1n) is 7.17. The van der Waals surface area contributed by atoms with Crippen LogP contribution in [0.15, 0.2) is 11.6 Å². The molecule has 0 aromatic carbocycles. The van der Waals surface area contributed by atoms with Gasteiger partial charge in [0, 0.05) is 24.7 Å². The summed E-state index contributed by atoms with van der Waals surface area (Å²) in [6, 6.07) is 0. The Bertz CT molecular complexity index is 566. The minimum Gasteiger partial charge on any atom is -0.480 e. The first kappa shape index (κ1) is 13.9. The number of aliphatic hydroxyl groups excluding tert-OH is 1. The van der Waals surface area contributed by atoms with Gasteiger partial charge in [-0.1, -0.05) is 12.8 Å². The maximum Gasteiger partial charge on any atom is 0.237 e. The lowest BCUT2D eigenvalue weighted by atomic mass is 9.86. The second-order valence-corrected chi connectivity index (χ2v) is 6.24. The molecule has 2 N–H and O–H groups in total. The topological polar surface area (TPSA) is 58.8 Å². The van der Waals surface area contributed by atoms with E-state index >= 15 is 0 Å². The van der Waals surface area contributed by atoms with Crippen LogP contribution in [0, 0.1) is 5.92 Å². The van der Waals surface area contributed by atoms with E-state index in [-0.39, 0.29) is 6.10 Å². The van der Waals surface area contributed by atoms with Gasteiger partial charge in [0.15, 0.2) is 4.96 Å². The summed E-state index contributed by atoms with van der Waals surface area (Å²) in [6.45, 7) is 1.56. The van der Waals surface area contributed by atoms with Crippen molar-refractivity contribution >= 4 is 16.3 Å². The Morgan fingerprint density at radius 1 is 1.50 bits per heavy atom. The Morgan fingerprint density at radius 3 is 3.15 bits per heavy atom. The summed E-state index contributed by atoms with van der Waals surface area (Å²) >= 11 is 1.60. The molecule has 2 aromatic rings. The average Bonchev–Trinajstić information content (AvgIpc) is 3.02. The lowest BCUT2D eigenvalue weighted by molar-refractivity contribution is 0.0694. The summed E-state index contributed by atoms with van der Waals surface area (Å²) in [5, 5.41) is 15.5. The predicted molar refractivity (Wildman–Crippen MR) is 79.3 cm³/mol. The molecule has 3 rings (SSSR count). The summed E-state index contributed by atoms with van der Waals surface area (Å²) in [5.41, 5.74) is 1.05. The summed E-state index contributed by atoms with van der Waals surface area (Å²) in [4.78, 5) is 5.40. The molecule has 0 radical (unpaired) electrons. The van der Waals surface area contributed by atoms with Crippen molar-refractivity contribution in [3.05, 3.63) is 17.3 Å². The van der Waals surface area contributed by atoms with Crippen molar-refractivity contribution in [3.63, 3.8) is 0 Å². The number of hydrogen-bond donors (Lipinski definition) is 2. The number of methoxy groups -OCH3 is 1. The van der Waals surface area contributed by atoms with E-state index in [1.54, 1.807) is 18.4 Å². The largest absolute Gasteiger partial charge is 0.480 e. The van der Waals surface area contributed by atoms with Crippen molar-refractivity contribution in [1.82, 2.24) is 14.7 Å². The van der Waals surface area contributed by atoms with Crippen molar-refractivity contribution < 1.29 is 9.84 Å². The summed E-state index contributed by atoms with van der Waals surface area (Å²) in [5.74, 6) is 1.06. The first-order valence-corrected chi connectivity index (χ1v) is 8.04. The fourth-order valence-electron chi connectivity index (χ4n) is 2.94. The molecule has 2 atom stereocenters. The minimum absolute atomic E-state index is 0.148. The maximum absolute atomic E-state index is 9.99. The molecule has 20 heavy (non-hydrogen) atoms. The number of aromatic nitrogens is 2. The zero-order valence-electron chi connectivity index (χ0n) is 11.7. The van der Waals surface area contributed by atoms with Crippen LogP contribution in [-0.2, 0) is 6.54 Å². The molecule has 0 aliphatic heterocycles. The van der Waals surface area contributed by atoms with Gasteiger partial charge in [-0.25, -0.2) is 0 Å². The van der Waals surface area contributed by atoms with Gasteiger partial charge in [0.25, 0.3) is 0 Å². The Balaban J connectivity index is 1.63. The predicted octanol–water partition coefficient (Wildman–Crippen LogP) is 2.05. The third-order valence-electron chi connectivity index (χ3n) is 4.09. The molecule has 1 aliphatic carbocycles. The third kappa shape index (κ3) is 2.68. The van der Waals surface area contributed by atoms with Gasteiger partial charge < -0.3 is 15.2 Å². The van der Waals surface area contributed by atoms with Crippen LogP contribution in [0.3, 0.4) is 0 Å². The molecule has 6 heteroatoms. The lowest BCUT2D eigenvalue weighted by Gasteiger charge is -2.27. The normalized spacial score (nSPS) is 23.3. The number of hydrogen-bond acceptors (Lipinski definition) is 5. The van der Waals surface area contributed by atoms with Crippen LogP contribution in [0.25, 0.3) is 4.96 Å². The number of nitrogens with zero attached hydrogens (tertiary/aromatic N) is 2. The van der Waals surface area contributed by atoms with Gasteiger partial charge in [0.05, 0.1) is 13.2 Å². The Kier molecular flexibility index (Phi) is 4.24. The molecule has 1 saturated carbocycles. The number of aliphatic hydroxyl groups is 1. The highest BCUT2D eigenvalue weighted by Gasteiger charge is 2.23. The van der Waals surface area contributed by atoms with Crippen LogP contribution in [0.2, 0.25) is 0 Å². The average molecular weight is 295 g/mol. The molecule has 0 saturated heterocycles. The van der Waals surface area contributed by atoms with Gasteiger partial charge in [0.2, 0.25) is 5.88 Å². The van der Waals surface area contributed by atoms with Crippen molar-refractivity contribution in [2.24, 2.45) is 5.92 Å². The fourth-order valence-corrected chi connectivity index (χ4v) is 3.66. The molecule has 2 aromatic heterocycles. The van der Waals surface area contributed by atoms with E-state index in [9.17, 15) is 5.11 Å². The molecule has 110 valence electrons. The van der Waals surface area contributed by atoms with Crippen molar-refractivity contribution in [3.8, 4) is 5.88 Å². The van der Waals surface area contributed by atoms with Crippen LogP contribution >= 0.6 is 11.3 Å². The number of imidazole rings is 1. The van der Waals surface area contributed by atoms with Crippen molar-refractivity contribution in [2.75, 3.05) is 13.7 Å². The smallest absolute Gasteiger partial charge is 0.237 e. The summed E-state index contributed by atoms with van der Waals surface area (Å²) in [6.07, 6.45) is 6.31. The van der Waals surface area contributed by atoms with E-state index < -0.39 is 0 Å². The Labute approximate surface area is 122 Å². The second kappa shape index (κ2) is 6.11. The highest BCUT2D eigenvalue weighted by Crippen LogP contribution is 2.25. The quantitative estimate of drug-likeness (QED) is 0.886. The highest BCUT2D eigenvalue weighted by atomic mass is 32.1. The monoisotopic (exact) mass is 295 g/mol. The molecule has 2 heterocycles. The van der Waals surface area contributed by atoms with Crippen molar-refractivity contribution in [1.29, 1.82) is 0 Å². The minimum atomic E-state index is -0.148. The Hall–Kier alpha value is -1.11. The fraction of sp³-hybridized carbons (Fsp3) is 0.643. The molecule has 0 bridgehead atoms. The van der Waals surface area contributed by atoms with E-state index in [0.29, 0.717) is 18.3 Å². The summed E-state index contributed by atoms with van der Waals surface area (Å²) in [7, 11) is 1.65. The van der Waals surface area contributed by atoms with Crippen LogP contribution in [0.1, 0.15) is 31.4 Å². The highest BCUT2D eigenvalue weighted by molar-refractivity contribution is 7.15. The second-order valence-electron chi connectivity index (χ2n) is 5.37. The van der Waals surface area contributed by atoms with Gasteiger partial charge in [-0.05, 0) is 18.8 Å². The van der Waals surface area contributed by atoms with Crippen molar-refractivity contribution in [2.45, 2.75) is 38.3 Å². The standard InChI is InChI=1S/C14H21N3O2S/c1-19-13-11(17-6-7-20-14(17)16-13)9-15-8-10-4-2-3-5-12(10)18/h6-7,10,12,15,18H,2-5,8-9H2,1H3. The van der Waals surface area contributed by atoms with Crippen LogP contribution in [0.5, 0.6) is 5.88 Å². The van der Waals surface area contributed by atoms with E-state index in [2.05, 4.69) is 14.7 Å². The van der Waals surface area contributed by atoms with E-state index in [1.165, 1.54) is 6.42 Å². The van der Waals surface area contributed by atoms with Gasteiger partial charge in [0.1, 0.15) is 5.69 Å². The molecule has 2 unspecified atom stereocenters. The zero-order valence-corrected chi connectivity index (χ0v) is 12.5. The number of thiazole rings is 1. The van der Waals surface area contributed by atoms with Crippen LogP contribution in [-0.4, -0.2) is 34.2 Å². The van der Waals surface area contributed by atoms with E-state index in [0.717, 1.165) is 36.5 Å². The maximum atomic E-state index is 9.99. The first-order chi connectivity index (χ1) is 9.79. The molecule has 5 nitrogen and oxygen atoms in total. The molecule has 0 amide bonds. The van der Waals surface area contributed by atoms with Gasteiger partial charge in [-0.2, -0.15) is 4.98 Å². The molecular weight excluding hydrogens is 274 g/mol. The Morgan fingerprint density at radius 2 is 2.35 bits per heavy atom. The summed E-state index contributed by atoms with van der Waals surface area (Å²) < 4.78 is 7.40. The number of rotatable bonds is 5.